The maximum Gasteiger partial charge on any atom is 0.279 e. The van der Waals surface area contributed by atoms with Crippen LogP contribution in [0.15, 0.2) is 35.3 Å². The van der Waals surface area contributed by atoms with Gasteiger partial charge in [-0.25, -0.2) is 0 Å². The Balaban J connectivity index is 1.80. The number of carbonyl (C=O) groups is 1. The number of benzene rings is 2. The fourth-order valence-electron chi connectivity index (χ4n) is 2.99. The van der Waals surface area contributed by atoms with Crippen molar-refractivity contribution in [3.8, 4) is 11.5 Å². The molecule has 0 unspecified atom stereocenters. The summed E-state index contributed by atoms with van der Waals surface area (Å²) in [4.78, 5) is 17.8. The number of amides is 1. The maximum atomic E-state index is 12.7. The van der Waals surface area contributed by atoms with Gasteiger partial charge in [0, 0.05) is 19.2 Å². The Morgan fingerprint density at radius 1 is 1.19 bits per heavy atom. The zero-order chi connectivity index (χ0) is 19.0. The third-order valence-corrected chi connectivity index (χ3v) is 5.68. The summed E-state index contributed by atoms with van der Waals surface area (Å²) in [5, 5.41) is 0. The van der Waals surface area contributed by atoms with E-state index in [0.717, 1.165) is 10.2 Å². The monoisotopic (exact) mass is 384 g/mol. The number of ether oxygens (including phenoxy) is 3. The van der Waals surface area contributed by atoms with E-state index < -0.39 is 0 Å². The molecule has 7 heteroatoms. The van der Waals surface area contributed by atoms with Crippen molar-refractivity contribution in [1.29, 1.82) is 0 Å². The SMILES string of the molecule is COCCn1c(=NC(=O)c2ccc3c(c2)OCO3)sc2cc(C)c(C)cc21. The van der Waals surface area contributed by atoms with Crippen molar-refractivity contribution in [2.75, 3.05) is 20.5 Å². The Labute approximate surface area is 160 Å². The van der Waals surface area contributed by atoms with Crippen LogP contribution in [0.2, 0.25) is 0 Å². The van der Waals surface area contributed by atoms with Gasteiger partial charge in [0.1, 0.15) is 0 Å². The predicted octanol–water partition coefficient (Wildman–Crippen LogP) is 3.44. The van der Waals surface area contributed by atoms with Gasteiger partial charge in [0.05, 0.1) is 16.8 Å². The molecule has 27 heavy (non-hydrogen) atoms. The average Bonchev–Trinajstić information content (AvgIpc) is 3.24. The largest absolute Gasteiger partial charge is 0.454 e. The van der Waals surface area contributed by atoms with Crippen LogP contribution in [-0.4, -0.2) is 31.0 Å². The number of hydrogen-bond acceptors (Lipinski definition) is 5. The third kappa shape index (κ3) is 3.36. The fourth-order valence-corrected chi connectivity index (χ4v) is 4.12. The Bertz CT molecular complexity index is 1100. The van der Waals surface area contributed by atoms with Gasteiger partial charge < -0.3 is 18.8 Å². The van der Waals surface area contributed by atoms with Gasteiger partial charge in [0.15, 0.2) is 16.3 Å². The minimum Gasteiger partial charge on any atom is -0.454 e. The molecule has 0 atom stereocenters. The summed E-state index contributed by atoms with van der Waals surface area (Å²) in [6, 6.07) is 9.40. The number of nitrogens with zero attached hydrogens (tertiary/aromatic N) is 2. The molecule has 0 saturated carbocycles. The molecule has 0 N–H and O–H groups in total. The lowest BCUT2D eigenvalue weighted by Crippen LogP contribution is -2.19. The molecular weight excluding hydrogens is 364 g/mol. The third-order valence-electron chi connectivity index (χ3n) is 4.63. The average molecular weight is 384 g/mol. The number of carbonyl (C=O) groups excluding carboxylic acids is 1. The molecule has 1 aliphatic heterocycles. The second-order valence-corrected chi connectivity index (χ2v) is 7.43. The molecule has 2 heterocycles. The molecule has 0 saturated heterocycles. The summed E-state index contributed by atoms with van der Waals surface area (Å²) in [6.45, 7) is 5.52. The lowest BCUT2D eigenvalue weighted by Gasteiger charge is -2.06. The lowest BCUT2D eigenvalue weighted by molar-refractivity contribution is 0.0997. The Hall–Kier alpha value is -2.64. The van der Waals surface area contributed by atoms with Gasteiger partial charge in [-0.2, -0.15) is 4.99 Å². The topological polar surface area (TPSA) is 62.1 Å². The normalized spacial score (nSPS) is 13.5. The first-order valence-corrected chi connectivity index (χ1v) is 9.46. The van der Waals surface area contributed by atoms with E-state index in [4.69, 9.17) is 14.2 Å². The van der Waals surface area contributed by atoms with Gasteiger partial charge >= 0.3 is 0 Å². The van der Waals surface area contributed by atoms with Crippen LogP contribution in [0.5, 0.6) is 11.5 Å². The lowest BCUT2D eigenvalue weighted by atomic mass is 10.1. The van der Waals surface area contributed by atoms with E-state index in [9.17, 15) is 4.79 Å². The van der Waals surface area contributed by atoms with E-state index in [-0.39, 0.29) is 12.7 Å². The van der Waals surface area contributed by atoms with Crippen LogP contribution in [0, 0.1) is 13.8 Å². The predicted molar refractivity (Wildman–Crippen MR) is 104 cm³/mol. The summed E-state index contributed by atoms with van der Waals surface area (Å²) < 4.78 is 19.0. The number of thiazole rings is 1. The first-order valence-electron chi connectivity index (χ1n) is 8.65. The quantitative estimate of drug-likeness (QED) is 0.691. The van der Waals surface area contributed by atoms with Crippen LogP contribution in [-0.2, 0) is 11.3 Å². The van der Waals surface area contributed by atoms with E-state index in [1.54, 1.807) is 25.3 Å². The number of fused-ring (bicyclic) bond motifs is 2. The van der Waals surface area contributed by atoms with Crippen molar-refractivity contribution in [3.05, 3.63) is 51.8 Å². The summed E-state index contributed by atoms with van der Waals surface area (Å²) >= 11 is 1.51. The minimum atomic E-state index is -0.306. The standard InChI is InChI=1S/C20H20N2O4S/c1-12-8-15-18(9-13(12)2)27-20(22(15)6-7-24-3)21-19(23)14-4-5-16-17(10-14)26-11-25-16/h4-5,8-10H,6-7,11H2,1-3H3. The van der Waals surface area contributed by atoms with Crippen molar-refractivity contribution in [1.82, 2.24) is 4.57 Å². The van der Waals surface area contributed by atoms with Crippen LogP contribution in [0.3, 0.4) is 0 Å². The molecule has 140 valence electrons. The van der Waals surface area contributed by atoms with Gasteiger partial charge in [0.2, 0.25) is 6.79 Å². The molecule has 6 nitrogen and oxygen atoms in total. The molecule has 4 rings (SSSR count). The first kappa shape index (κ1) is 17.8. The molecule has 0 radical (unpaired) electrons. The molecule has 0 bridgehead atoms. The molecule has 1 aliphatic rings. The highest BCUT2D eigenvalue weighted by atomic mass is 32.1. The van der Waals surface area contributed by atoms with Gasteiger partial charge in [-0.05, 0) is 55.3 Å². The van der Waals surface area contributed by atoms with Crippen LogP contribution in [0.4, 0.5) is 0 Å². The van der Waals surface area contributed by atoms with E-state index in [1.807, 2.05) is 4.57 Å². The number of hydrogen-bond donors (Lipinski definition) is 0. The highest BCUT2D eigenvalue weighted by Crippen LogP contribution is 2.32. The molecule has 0 fully saturated rings. The van der Waals surface area contributed by atoms with Gasteiger partial charge in [-0.3, -0.25) is 4.79 Å². The second-order valence-electron chi connectivity index (χ2n) is 6.42. The summed E-state index contributed by atoms with van der Waals surface area (Å²) in [5.74, 6) is 0.917. The zero-order valence-corrected chi connectivity index (χ0v) is 16.3. The maximum absolute atomic E-state index is 12.7. The van der Waals surface area contributed by atoms with Crippen molar-refractivity contribution in [2.24, 2.45) is 4.99 Å². The minimum absolute atomic E-state index is 0.177. The first-order chi connectivity index (χ1) is 13.1. The Morgan fingerprint density at radius 2 is 1.96 bits per heavy atom. The summed E-state index contributed by atoms with van der Waals surface area (Å²) in [7, 11) is 1.67. The van der Waals surface area contributed by atoms with E-state index >= 15 is 0 Å². The number of aromatic nitrogens is 1. The van der Waals surface area contributed by atoms with Gasteiger partial charge in [-0.15, -0.1) is 0 Å². The highest BCUT2D eigenvalue weighted by Gasteiger charge is 2.16. The summed E-state index contributed by atoms with van der Waals surface area (Å²) in [5.41, 5.74) is 3.97. The number of methoxy groups -OCH3 is 1. The van der Waals surface area contributed by atoms with Crippen LogP contribution in [0.1, 0.15) is 21.5 Å². The molecule has 2 aromatic carbocycles. The van der Waals surface area contributed by atoms with Crippen molar-refractivity contribution in [3.63, 3.8) is 0 Å². The molecule has 0 spiro atoms. The fraction of sp³-hybridized carbons (Fsp3) is 0.300. The van der Waals surface area contributed by atoms with Crippen molar-refractivity contribution >= 4 is 27.5 Å². The Kier molecular flexibility index (Phi) is 4.72. The van der Waals surface area contributed by atoms with Crippen molar-refractivity contribution in [2.45, 2.75) is 20.4 Å². The number of rotatable bonds is 4. The highest BCUT2D eigenvalue weighted by molar-refractivity contribution is 7.16. The van der Waals surface area contributed by atoms with Gasteiger partial charge in [0.25, 0.3) is 5.91 Å². The van der Waals surface area contributed by atoms with Crippen LogP contribution < -0.4 is 14.3 Å². The van der Waals surface area contributed by atoms with E-state index in [1.165, 1.54) is 22.5 Å². The van der Waals surface area contributed by atoms with Crippen molar-refractivity contribution < 1.29 is 19.0 Å². The van der Waals surface area contributed by atoms with Gasteiger partial charge in [-0.1, -0.05) is 11.3 Å². The zero-order valence-electron chi connectivity index (χ0n) is 15.4. The molecule has 1 aromatic heterocycles. The van der Waals surface area contributed by atoms with E-state index in [2.05, 4.69) is 31.0 Å². The molecule has 0 aliphatic carbocycles. The van der Waals surface area contributed by atoms with Crippen LogP contribution >= 0.6 is 11.3 Å². The molecule has 3 aromatic rings. The Morgan fingerprint density at radius 3 is 2.78 bits per heavy atom. The second kappa shape index (κ2) is 7.17. The molecule has 1 amide bonds. The van der Waals surface area contributed by atoms with E-state index in [0.29, 0.717) is 35.0 Å². The smallest absolute Gasteiger partial charge is 0.279 e. The van der Waals surface area contributed by atoms with Crippen LogP contribution in [0.25, 0.3) is 10.2 Å². The number of aryl methyl sites for hydroxylation is 2. The summed E-state index contributed by atoms with van der Waals surface area (Å²) in [6.07, 6.45) is 0. The molecular formula is C20H20N2O4S.